The lowest BCUT2D eigenvalue weighted by Gasteiger charge is -2.27. The van der Waals surface area contributed by atoms with Crippen molar-refractivity contribution in [3.63, 3.8) is 0 Å². The fourth-order valence-corrected chi connectivity index (χ4v) is 3.50. The molecule has 28 heavy (non-hydrogen) atoms. The van der Waals surface area contributed by atoms with Crippen LogP contribution in [0.4, 0.5) is 0 Å². The standard InChI is InChI=1S/C24H31NO3/c1-23(2,3)28-22(27)24(18-25,16-14-19-10-6-4-7-11-19)17-15-21(26)20-12-8-5-9-13-20/h4,6-7,10-11,15,17,20H,5,8-9,12-14,16H2,1-3H3/b17-15-/t24-/m1/s1. The number of hydrogen-bond acceptors (Lipinski definition) is 4. The number of ketones is 1. The number of nitrogens with zero attached hydrogens (tertiary/aromatic N) is 1. The molecule has 2 rings (SSSR count). The second-order valence-electron chi connectivity index (χ2n) is 8.64. The number of esters is 1. The van der Waals surface area contributed by atoms with E-state index in [0.29, 0.717) is 6.42 Å². The molecule has 0 aromatic heterocycles. The van der Waals surface area contributed by atoms with Gasteiger partial charge in [0.15, 0.2) is 11.2 Å². The minimum atomic E-state index is -1.46. The summed E-state index contributed by atoms with van der Waals surface area (Å²) in [4.78, 5) is 25.5. The fourth-order valence-electron chi connectivity index (χ4n) is 3.50. The second kappa shape index (κ2) is 9.68. The molecular formula is C24H31NO3. The number of benzene rings is 1. The molecule has 1 atom stereocenters. The molecule has 0 unspecified atom stereocenters. The molecule has 1 fully saturated rings. The van der Waals surface area contributed by atoms with Crippen molar-refractivity contribution in [3.05, 3.63) is 48.0 Å². The van der Waals surface area contributed by atoms with Crippen molar-refractivity contribution >= 4 is 11.8 Å². The van der Waals surface area contributed by atoms with Crippen molar-refractivity contribution < 1.29 is 14.3 Å². The summed E-state index contributed by atoms with van der Waals surface area (Å²) in [5.41, 5.74) is -1.13. The fraction of sp³-hybridized carbons (Fsp3) is 0.542. The van der Waals surface area contributed by atoms with Gasteiger partial charge in [-0.05, 0) is 64.2 Å². The Morgan fingerprint density at radius 1 is 1.14 bits per heavy atom. The number of rotatable bonds is 7. The van der Waals surface area contributed by atoms with E-state index in [1.165, 1.54) is 18.6 Å². The van der Waals surface area contributed by atoms with Crippen molar-refractivity contribution in [1.29, 1.82) is 5.26 Å². The van der Waals surface area contributed by atoms with Crippen LogP contribution in [-0.2, 0) is 20.7 Å². The van der Waals surface area contributed by atoms with Gasteiger partial charge in [0, 0.05) is 5.92 Å². The molecule has 0 bridgehead atoms. The first-order valence-corrected chi connectivity index (χ1v) is 10.2. The number of ether oxygens (including phenoxy) is 1. The molecule has 0 radical (unpaired) electrons. The number of carbonyl (C=O) groups is 2. The lowest BCUT2D eigenvalue weighted by atomic mass is 9.81. The molecule has 1 saturated carbocycles. The van der Waals surface area contributed by atoms with Crippen LogP contribution in [0, 0.1) is 22.7 Å². The zero-order valence-corrected chi connectivity index (χ0v) is 17.2. The van der Waals surface area contributed by atoms with E-state index in [1.807, 2.05) is 30.3 Å². The van der Waals surface area contributed by atoms with Crippen LogP contribution in [0.1, 0.15) is 64.9 Å². The maximum Gasteiger partial charge on any atom is 0.331 e. The molecule has 0 N–H and O–H groups in total. The van der Waals surface area contributed by atoms with E-state index < -0.39 is 17.0 Å². The molecule has 0 amide bonds. The molecule has 0 heterocycles. The largest absolute Gasteiger partial charge is 0.459 e. The molecule has 1 aliphatic carbocycles. The van der Waals surface area contributed by atoms with Gasteiger partial charge in [0.2, 0.25) is 0 Å². The number of aryl methyl sites for hydroxylation is 1. The van der Waals surface area contributed by atoms with Gasteiger partial charge in [-0.2, -0.15) is 5.26 Å². The summed E-state index contributed by atoms with van der Waals surface area (Å²) in [7, 11) is 0. The van der Waals surface area contributed by atoms with Crippen LogP contribution in [0.3, 0.4) is 0 Å². The molecule has 1 aromatic rings. The van der Waals surface area contributed by atoms with Gasteiger partial charge < -0.3 is 4.74 Å². The Kier molecular flexibility index (Phi) is 7.57. The minimum Gasteiger partial charge on any atom is -0.459 e. The Labute approximate surface area is 168 Å². The maximum absolute atomic E-state index is 12.9. The molecule has 0 saturated heterocycles. The van der Waals surface area contributed by atoms with Gasteiger partial charge >= 0.3 is 5.97 Å². The summed E-state index contributed by atoms with van der Waals surface area (Å²) >= 11 is 0. The summed E-state index contributed by atoms with van der Waals surface area (Å²) in [6.07, 6.45) is 8.84. The summed E-state index contributed by atoms with van der Waals surface area (Å²) < 4.78 is 5.54. The van der Waals surface area contributed by atoms with Gasteiger partial charge in [-0.15, -0.1) is 0 Å². The van der Waals surface area contributed by atoms with E-state index in [4.69, 9.17) is 4.74 Å². The molecule has 150 valence electrons. The first-order valence-electron chi connectivity index (χ1n) is 10.2. The van der Waals surface area contributed by atoms with E-state index >= 15 is 0 Å². The Hall–Kier alpha value is -2.41. The molecular weight excluding hydrogens is 350 g/mol. The van der Waals surface area contributed by atoms with E-state index in [0.717, 1.165) is 31.2 Å². The lowest BCUT2D eigenvalue weighted by molar-refractivity contribution is -0.161. The number of nitriles is 1. The SMILES string of the molecule is CC(C)(C)OC(=O)[C@@](C#N)(/C=C\C(=O)C1CCCCC1)CCc1ccccc1. The van der Waals surface area contributed by atoms with E-state index in [9.17, 15) is 14.9 Å². The number of hydrogen-bond donors (Lipinski definition) is 0. The highest BCUT2D eigenvalue weighted by atomic mass is 16.6. The third-order valence-electron chi connectivity index (χ3n) is 5.15. The predicted octanol–water partition coefficient (Wildman–Crippen LogP) is 5.18. The van der Waals surface area contributed by atoms with Crippen molar-refractivity contribution in [3.8, 4) is 6.07 Å². The number of allylic oxidation sites excluding steroid dienone is 1. The van der Waals surface area contributed by atoms with Gasteiger partial charge in [0.05, 0.1) is 6.07 Å². The normalized spacial score (nSPS) is 17.6. The van der Waals surface area contributed by atoms with Crippen molar-refractivity contribution in [2.45, 2.75) is 71.3 Å². The monoisotopic (exact) mass is 381 g/mol. The van der Waals surface area contributed by atoms with E-state index in [-0.39, 0.29) is 18.1 Å². The molecule has 4 heteroatoms. The molecule has 4 nitrogen and oxygen atoms in total. The zero-order valence-electron chi connectivity index (χ0n) is 17.2. The van der Waals surface area contributed by atoms with Gasteiger partial charge in [-0.3, -0.25) is 4.79 Å². The van der Waals surface area contributed by atoms with Crippen LogP contribution in [-0.4, -0.2) is 17.4 Å². The second-order valence-corrected chi connectivity index (χ2v) is 8.64. The van der Waals surface area contributed by atoms with Crippen LogP contribution >= 0.6 is 0 Å². The van der Waals surface area contributed by atoms with Crippen LogP contribution in [0.15, 0.2) is 42.5 Å². The van der Waals surface area contributed by atoms with Gasteiger partial charge in [-0.1, -0.05) is 49.6 Å². The highest BCUT2D eigenvalue weighted by molar-refractivity contribution is 5.93. The predicted molar refractivity (Wildman–Crippen MR) is 109 cm³/mol. The Balaban J connectivity index is 2.22. The van der Waals surface area contributed by atoms with Crippen LogP contribution in [0.2, 0.25) is 0 Å². The molecule has 1 aliphatic rings. The Bertz CT molecular complexity index is 733. The first-order chi connectivity index (χ1) is 13.3. The van der Waals surface area contributed by atoms with Gasteiger partial charge in [0.25, 0.3) is 0 Å². The average Bonchev–Trinajstić information content (AvgIpc) is 2.68. The van der Waals surface area contributed by atoms with Crippen molar-refractivity contribution in [2.75, 3.05) is 0 Å². The van der Waals surface area contributed by atoms with Crippen LogP contribution < -0.4 is 0 Å². The van der Waals surface area contributed by atoms with E-state index in [1.54, 1.807) is 20.8 Å². The third-order valence-corrected chi connectivity index (χ3v) is 5.15. The zero-order chi connectivity index (χ0) is 20.6. The Morgan fingerprint density at radius 3 is 2.36 bits per heavy atom. The molecule has 0 aliphatic heterocycles. The Morgan fingerprint density at radius 2 is 1.79 bits per heavy atom. The van der Waals surface area contributed by atoms with Gasteiger partial charge in [0.1, 0.15) is 5.60 Å². The maximum atomic E-state index is 12.9. The van der Waals surface area contributed by atoms with Gasteiger partial charge in [-0.25, -0.2) is 4.79 Å². The van der Waals surface area contributed by atoms with Crippen molar-refractivity contribution in [2.24, 2.45) is 11.3 Å². The highest BCUT2D eigenvalue weighted by Crippen LogP contribution is 2.31. The lowest BCUT2D eigenvalue weighted by Crippen LogP contribution is -2.36. The summed E-state index contributed by atoms with van der Waals surface area (Å²) in [6.45, 7) is 5.34. The third kappa shape index (κ3) is 6.34. The summed E-state index contributed by atoms with van der Waals surface area (Å²) in [5, 5.41) is 9.93. The highest BCUT2D eigenvalue weighted by Gasteiger charge is 2.40. The van der Waals surface area contributed by atoms with Crippen LogP contribution in [0.25, 0.3) is 0 Å². The first kappa shape index (κ1) is 21.9. The molecule has 0 spiro atoms. The quantitative estimate of drug-likeness (QED) is 0.482. The van der Waals surface area contributed by atoms with Crippen LogP contribution in [0.5, 0.6) is 0 Å². The van der Waals surface area contributed by atoms with Crippen molar-refractivity contribution in [1.82, 2.24) is 0 Å². The minimum absolute atomic E-state index is 0.00847. The summed E-state index contributed by atoms with van der Waals surface area (Å²) in [6, 6.07) is 11.9. The summed E-state index contributed by atoms with van der Waals surface area (Å²) in [5.74, 6) is -0.567. The molecule has 1 aromatic carbocycles. The number of carbonyl (C=O) groups excluding carboxylic acids is 2. The topological polar surface area (TPSA) is 67.2 Å². The van der Waals surface area contributed by atoms with E-state index in [2.05, 4.69) is 6.07 Å². The smallest absolute Gasteiger partial charge is 0.331 e. The average molecular weight is 382 g/mol.